The topological polar surface area (TPSA) is 81.9 Å². The van der Waals surface area contributed by atoms with Gasteiger partial charge in [0.1, 0.15) is 12.4 Å². The number of rotatable bonds is 5. The average Bonchev–Trinajstić information content (AvgIpc) is 2.66. The van der Waals surface area contributed by atoms with Gasteiger partial charge in [-0.15, -0.1) is 0 Å². The molecule has 1 aliphatic heterocycles. The molecule has 0 unspecified atom stereocenters. The van der Waals surface area contributed by atoms with Crippen LogP contribution in [-0.2, 0) is 16.1 Å². The first-order chi connectivity index (χ1) is 12.5. The van der Waals surface area contributed by atoms with Crippen molar-refractivity contribution >= 4 is 17.3 Å². The van der Waals surface area contributed by atoms with Crippen LogP contribution in [-0.4, -0.2) is 37.2 Å². The first-order valence-corrected chi connectivity index (χ1v) is 8.07. The largest absolute Gasteiger partial charge is 0.457 e. The van der Waals surface area contributed by atoms with Crippen LogP contribution in [0.4, 0.5) is 15.8 Å². The number of carbonyl (C=O) groups is 1. The average molecular weight is 360 g/mol. The molecule has 0 amide bonds. The highest BCUT2D eigenvalue weighted by atomic mass is 19.1. The van der Waals surface area contributed by atoms with Gasteiger partial charge < -0.3 is 14.4 Å². The van der Waals surface area contributed by atoms with E-state index < -0.39 is 16.7 Å². The minimum atomic E-state index is -0.695. The molecule has 1 heterocycles. The molecule has 7 nitrogen and oxygen atoms in total. The summed E-state index contributed by atoms with van der Waals surface area (Å²) in [4.78, 5) is 25.0. The molecule has 1 aliphatic rings. The smallest absolute Gasteiger partial charge is 0.340 e. The van der Waals surface area contributed by atoms with E-state index in [4.69, 9.17) is 9.47 Å². The Kier molecular flexibility index (Phi) is 5.43. The van der Waals surface area contributed by atoms with E-state index in [-0.39, 0.29) is 17.9 Å². The number of nitro groups is 1. The van der Waals surface area contributed by atoms with E-state index in [0.29, 0.717) is 37.6 Å². The van der Waals surface area contributed by atoms with E-state index in [1.54, 1.807) is 12.1 Å². The summed E-state index contributed by atoms with van der Waals surface area (Å²) in [5.74, 6) is -1.12. The summed E-state index contributed by atoms with van der Waals surface area (Å²) in [5.41, 5.74) is 0.970. The number of halogens is 1. The van der Waals surface area contributed by atoms with Crippen molar-refractivity contribution in [1.82, 2.24) is 0 Å². The Morgan fingerprint density at radius 2 is 2.00 bits per heavy atom. The lowest BCUT2D eigenvalue weighted by Gasteiger charge is -2.30. The molecule has 0 aliphatic carbocycles. The van der Waals surface area contributed by atoms with E-state index in [9.17, 15) is 19.3 Å². The fourth-order valence-corrected chi connectivity index (χ4v) is 2.73. The van der Waals surface area contributed by atoms with Gasteiger partial charge in [0, 0.05) is 25.2 Å². The van der Waals surface area contributed by atoms with Crippen molar-refractivity contribution in [2.75, 3.05) is 31.2 Å². The second kappa shape index (κ2) is 7.92. The predicted octanol–water partition coefficient (Wildman–Crippen LogP) is 2.93. The fourth-order valence-electron chi connectivity index (χ4n) is 2.73. The fraction of sp³-hybridized carbons (Fsp3) is 0.278. The molecule has 0 aromatic heterocycles. The van der Waals surface area contributed by atoms with Gasteiger partial charge in [-0.1, -0.05) is 12.1 Å². The van der Waals surface area contributed by atoms with Crippen LogP contribution in [0.3, 0.4) is 0 Å². The molecule has 136 valence electrons. The highest BCUT2D eigenvalue weighted by Gasteiger charge is 2.23. The summed E-state index contributed by atoms with van der Waals surface area (Å²) < 4.78 is 23.8. The standard InChI is InChI=1S/C18H17FN2O5/c19-14-3-1-2-13(10-14)12-26-18(22)16-11-15(21(23)24)4-5-17(16)20-6-8-25-9-7-20/h1-5,10-11H,6-9,12H2. The van der Waals surface area contributed by atoms with Crippen LogP contribution in [0.25, 0.3) is 0 Å². The van der Waals surface area contributed by atoms with Crippen LogP contribution < -0.4 is 4.90 Å². The Morgan fingerprint density at radius 1 is 1.23 bits per heavy atom. The minimum absolute atomic E-state index is 0.109. The Hall–Kier alpha value is -3.00. The van der Waals surface area contributed by atoms with Gasteiger partial charge in [0.2, 0.25) is 0 Å². The SMILES string of the molecule is O=C(OCc1cccc(F)c1)c1cc([N+](=O)[O-])ccc1N1CCOCC1. The van der Waals surface area contributed by atoms with Crippen molar-refractivity contribution in [3.63, 3.8) is 0 Å². The second-order valence-corrected chi connectivity index (χ2v) is 5.76. The molecule has 0 bridgehead atoms. The maximum atomic E-state index is 13.2. The van der Waals surface area contributed by atoms with Gasteiger partial charge in [0.05, 0.1) is 29.4 Å². The number of anilines is 1. The third-order valence-electron chi connectivity index (χ3n) is 4.02. The zero-order valence-corrected chi connectivity index (χ0v) is 13.9. The van der Waals surface area contributed by atoms with Gasteiger partial charge in [-0.25, -0.2) is 9.18 Å². The van der Waals surface area contributed by atoms with E-state index in [0.717, 1.165) is 0 Å². The molecule has 2 aromatic rings. The highest BCUT2D eigenvalue weighted by molar-refractivity contribution is 5.96. The lowest BCUT2D eigenvalue weighted by molar-refractivity contribution is -0.384. The van der Waals surface area contributed by atoms with Crippen LogP contribution in [0.15, 0.2) is 42.5 Å². The van der Waals surface area contributed by atoms with Crippen LogP contribution in [0.1, 0.15) is 15.9 Å². The number of nitro benzene ring substituents is 1. The van der Waals surface area contributed by atoms with Crippen molar-refractivity contribution in [2.24, 2.45) is 0 Å². The number of nitrogens with zero attached hydrogens (tertiary/aromatic N) is 2. The van der Waals surface area contributed by atoms with Gasteiger partial charge in [-0.3, -0.25) is 10.1 Å². The first-order valence-electron chi connectivity index (χ1n) is 8.07. The summed E-state index contributed by atoms with van der Waals surface area (Å²) in [6, 6.07) is 9.82. The Labute approximate surface area is 149 Å². The zero-order valence-electron chi connectivity index (χ0n) is 13.9. The molecule has 3 rings (SSSR count). The van der Waals surface area contributed by atoms with E-state index in [1.807, 2.05) is 4.90 Å². The molecular weight excluding hydrogens is 343 g/mol. The van der Waals surface area contributed by atoms with Gasteiger partial charge >= 0.3 is 5.97 Å². The number of non-ortho nitro benzene ring substituents is 1. The number of carbonyl (C=O) groups excluding carboxylic acids is 1. The maximum Gasteiger partial charge on any atom is 0.340 e. The van der Waals surface area contributed by atoms with Crippen LogP contribution in [0.5, 0.6) is 0 Å². The van der Waals surface area contributed by atoms with Crippen molar-refractivity contribution < 1.29 is 23.6 Å². The molecule has 0 N–H and O–H groups in total. The van der Waals surface area contributed by atoms with Gasteiger partial charge in [0.15, 0.2) is 0 Å². The van der Waals surface area contributed by atoms with Crippen LogP contribution in [0.2, 0.25) is 0 Å². The van der Waals surface area contributed by atoms with Gasteiger partial charge in [-0.05, 0) is 23.8 Å². The first kappa shape index (κ1) is 17.8. The number of morpholine rings is 1. The Bertz CT molecular complexity index is 821. The zero-order chi connectivity index (χ0) is 18.5. The number of ether oxygens (including phenoxy) is 2. The van der Waals surface area contributed by atoms with Crippen LogP contribution >= 0.6 is 0 Å². The van der Waals surface area contributed by atoms with Gasteiger partial charge in [0.25, 0.3) is 5.69 Å². The van der Waals surface area contributed by atoms with Crippen molar-refractivity contribution in [2.45, 2.75) is 6.61 Å². The molecule has 0 atom stereocenters. The lowest BCUT2D eigenvalue weighted by atomic mass is 10.1. The quantitative estimate of drug-likeness (QED) is 0.463. The molecule has 0 saturated carbocycles. The molecule has 2 aromatic carbocycles. The Balaban J connectivity index is 1.83. The monoisotopic (exact) mass is 360 g/mol. The number of hydrogen-bond donors (Lipinski definition) is 0. The molecule has 8 heteroatoms. The van der Waals surface area contributed by atoms with Crippen molar-refractivity contribution in [1.29, 1.82) is 0 Å². The van der Waals surface area contributed by atoms with Crippen molar-refractivity contribution in [3.8, 4) is 0 Å². The summed E-state index contributed by atoms with van der Waals surface area (Å²) in [6.07, 6.45) is 0. The van der Waals surface area contributed by atoms with Crippen LogP contribution in [0, 0.1) is 15.9 Å². The lowest BCUT2D eigenvalue weighted by Crippen LogP contribution is -2.37. The third-order valence-corrected chi connectivity index (χ3v) is 4.02. The summed E-state index contributed by atoms with van der Waals surface area (Å²) >= 11 is 0. The summed E-state index contributed by atoms with van der Waals surface area (Å²) in [6.45, 7) is 2.04. The van der Waals surface area contributed by atoms with Crippen molar-refractivity contribution in [3.05, 3.63) is 69.5 Å². The summed E-state index contributed by atoms with van der Waals surface area (Å²) in [5, 5.41) is 11.1. The van der Waals surface area contributed by atoms with Gasteiger partial charge in [-0.2, -0.15) is 0 Å². The number of esters is 1. The molecule has 0 spiro atoms. The molecule has 1 saturated heterocycles. The normalized spacial score (nSPS) is 14.1. The number of benzene rings is 2. The molecule has 1 fully saturated rings. The molecule has 26 heavy (non-hydrogen) atoms. The minimum Gasteiger partial charge on any atom is -0.457 e. The number of hydrogen-bond acceptors (Lipinski definition) is 6. The Morgan fingerprint density at radius 3 is 2.69 bits per heavy atom. The van der Waals surface area contributed by atoms with E-state index >= 15 is 0 Å². The third kappa shape index (κ3) is 4.15. The predicted molar refractivity (Wildman–Crippen MR) is 91.6 cm³/mol. The van der Waals surface area contributed by atoms with E-state index in [2.05, 4.69) is 0 Å². The van der Waals surface area contributed by atoms with E-state index in [1.165, 1.54) is 30.3 Å². The maximum absolute atomic E-state index is 13.2. The molecule has 0 radical (unpaired) electrons. The highest BCUT2D eigenvalue weighted by Crippen LogP contribution is 2.27. The molecular formula is C18H17FN2O5. The second-order valence-electron chi connectivity index (χ2n) is 5.76. The summed E-state index contributed by atoms with van der Waals surface area (Å²) in [7, 11) is 0.